The monoisotopic (exact) mass is 459 g/mol. The van der Waals surface area contributed by atoms with Crippen LogP contribution in [0.1, 0.15) is 29.2 Å². The summed E-state index contributed by atoms with van der Waals surface area (Å²) in [4.78, 5) is 13.0. The van der Waals surface area contributed by atoms with Gasteiger partial charge in [0.05, 0.1) is 4.88 Å². The first kappa shape index (κ1) is 26.5. The molecule has 1 amide bonds. The van der Waals surface area contributed by atoms with Gasteiger partial charge in [0.15, 0.2) is 0 Å². The van der Waals surface area contributed by atoms with Crippen LogP contribution in [0.2, 0.25) is 0 Å². The van der Waals surface area contributed by atoms with Gasteiger partial charge in [0.2, 0.25) is 12.3 Å². The Balaban J connectivity index is 0.000000499. The number of carbonyl (C=O) groups is 1. The summed E-state index contributed by atoms with van der Waals surface area (Å²) in [6.07, 6.45) is 0.266. The minimum atomic E-state index is -9.46. The number of carbonyl (C=O) groups excluding carboxylic acids is 1. The summed E-state index contributed by atoms with van der Waals surface area (Å²) in [5.74, 6) is -0.105. The molecular weight excluding hydrogens is 437 g/mol. The van der Waals surface area contributed by atoms with E-state index in [0.717, 1.165) is 10.9 Å². The molecule has 1 heterocycles. The zero-order chi connectivity index (χ0) is 22.9. The summed E-state index contributed by atoms with van der Waals surface area (Å²) in [6.45, 7) is 7.25. The third-order valence-corrected chi connectivity index (χ3v) is 4.93. The SMILES string of the molecule is CC.Cc1ccc(C(=N)OC(N)=NC=O)s1.Cc1cccc(S(F)(F)(F)(F)F)c1. The van der Waals surface area contributed by atoms with Crippen LogP contribution in [0.3, 0.4) is 0 Å². The van der Waals surface area contributed by atoms with Crippen LogP contribution in [0, 0.1) is 19.3 Å². The average molecular weight is 460 g/mol. The molecule has 0 saturated carbocycles. The topological polar surface area (TPSA) is 88.5 Å². The number of hydrogen-bond acceptors (Lipinski definition) is 4. The van der Waals surface area contributed by atoms with Crippen molar-refractivity contribution in [2.75, 3.05) is 0 Å². The van der Waals surface area contributed by atoms with E-state index in [1.165, 1.54) is 24.3 Å². The molecule has 12 heteroatoms. The van der Waals surface area contributed by atoms with Gasteiger partial charge in [0, 0.05) is 4.88 Å². The van der Waals surface area contributed by atoms with Crippen LogP contribution in [-0.2, 0) is 9.53 Å². The summed E-state index contributed by atoms with van der Waals surface area (Å²) in [5.41, 5.74) is 5.35. The highest BCUT2D eigenvalue weighted by Gasteiger charge is 2.65. The van der Waals surface area contributed by atoms with Crippen LogP contribution in [-0.4, -0.2) is 18.3 Å². The standard InChI is InChI=1S/C8H9N3O2S.C7H7F5S.C2H6/c1-5-2-3-6(14-5)7(9)13-8(10)11-4-12;1-6-3-2-4-7(5-6)13(8,9,10,11)12;1-2/h2-4,9H,1H3,(H2,10,11,12);2-5H,1H3;1-2H3. The fourth-order valence-electron chi connectivity index (χ4n) is 1.65. The van der Waals surface area contributed by atoms with Crippen molar-refractivity contribution >= 4 is 39.9 Å². The molecule has 0 bridgehead atoms. The van der Waals surface area contributed by atoms with Gasteiger partial charge in [-0.2, -0.15) is 4.99 Å². The fraction of sp³-hybridized carbons (Fsp3) is 0.235. The van der Waals surface area contributed by atoms with Gasteiger partial charge in [-0.15, -0.1) is 11.3 Å². The van der Waals surface area contributed by atoms with E-state index in [4.69, 9.17) is 15.9 Å². The van der Waals surface area contributed by atoms with E-state index in [2.05, 4.69) is 4.99 Å². The number of halogens is 5. The zero-order valence-corrected chi connectivity index (χ0v) is 17.7. The number of rotatable bonds is 3. The number of nitrogens with two attached hydrogens (primary N) is 1. The summed E-state index contributed by atoms with van der Waals surface area (Å²) < 4.78 is 65.4. The van der Waals surface area contributed by atoms with Gasteiger partial charge in [-0.25, -0.2) is 0 Å². The molecule has 1 aromatic heterocycles. The zero-order valence-electron chi connectivity index (χ0n) is 16.1. The second-order valence-corrected chi connectivity index (χ2v) is 8.90. The van der Waals surface area contributed by atoms with Gasteiger partial charge in [0.25, 0.3) is 6.02 Å². The number of ether oxygens (including phenoxy) is 1. The smallest absolute Gasteiger partial charge is 0.310 e. The first-order valence-electron chi connectivity index (χ1n) is 8.03. The molecular formula is C17H22F5N3O2S2. The number of thiophene rings is 1. The first-order chi connectivity index (χ1) is 13.1. The molecule has 0 atom stereocenters. The molecule has 164 valence electrons. The molecule has 2 aromatic rings. The molecule has 0 aliphatic heterocycles. The van der Waals surface area contributed by atoms with Crippen molar-refractivity contribution in [2.45, 2.75) is 32.6 Å². The van der Waals surface area contributed by atoms with Crippen LogP contribution in [0.5, 0.6) is 0 Å². The maximum atomic E-state index is 12.1. The molecule has 0 spiro atoms. The van der Waals surface area contributed by atoms with Crippen molar-refractivity contribution in [3.05, 3.63) is 51.7 Å². The van der Waals surface area contributed by atoms with E-state index >= 15 is 0 Å². The molecule has 0 aliphatic rings. The lowest BCUT2D eigenvalue weighted by Gasteiger charge is -2.40. The molecule has 5 nitrogen and oxygen atoms in total. The van der Waals surface area contributed by atoms with Crippen molar-refractivity contribution in [1.82, 2.24) is 0 Å². The molecule has 0 unspecified atom stereocenters. The summed E-state index contributed by atoms with van der Waals surface area (Å²) in [7, 11) is -9.46. The minimum absolute atomic E-state index is 0.105. The maximum absolute atomic E-state index is 12.1. The van der Waals surface area contributed by atoms with Gasteiger partial charge < -0.3 is 10.5 Å². The number of hydrogen-bond donors (Lipinski definition) is 2. The lowest BCUT2D eigenvalue weighted by molar-refractivity contribution is -0.106. The molecule has 0 saturated heterocycles. The van der Waals surface area contributed by atoms with Crippen molar-refractivity contribution in [3.63, 3.8) is 0 Å². The van der Waals surface area contributed by atoms with Crippen LogP contribution >= 0.6 is 21.6 Å². The minimum Gasteiger partial charge on any atom is -0.406 e. The van der Waals surface area contributed by atoms with E-state index < -0.39 is 15.1 Å². The van der Waals surface area contributed by atoms with Crippen LogP contribution in [0.4, 0.5) is 19.4 Å². The van der Waals surface area contributed by atoms with E-state index in [1.54, 1.807) is 6.07 Å². The molecule has 0 radical (unpaired) electrons. The average Bonchev–Trinajstić information content (AvgIpc) is 3.02. The number of amidine groups is 1. The van der Waals surface area contributed by atoms with Crippen molar-refractivity contribution in [1.29, 1.82) is 5.41 Å². The maximum Gasteiger partial charge on any atom is 0.310 e. The van der Waals surface area contributed by atoms with Crippen molar-refractivity contribution < 1.29 is 29.0 Å². The quantitative estimate of drug-likeness (QED) is 0.236. The van der Waals surface area contributed by atoms with Gasteiger partial charge in [-0.1, -0.05) is 45.4 Å². The number of aliphatic imine (C=N–C) groups is 1. The highest BCUT2D eigenvalue weighted by atomic mass is 32.5. The fourth-order valence-corrected chi connectivity index (χ4v) is 3.14. The van der Waals surface area contributed by atoms with Gasteiger partial charge in [-0.05, 0) is 43.7 Å². The van der Waals surface area contributed by atoms with Gasteiger partial charge in [-0.3, -0.25) is 10.2 Å². The number of nitrogens with one attached hydrogen (secondary N) is 1. The first-order valence-corrected chi connectivity index (χ1v) is 10.8. The van der Waals surface area contributed by atoms with E-state index in [-0.39, 0.29) is 23.9 Å². The molecule has 29 heavy (non-hydrogen) atoms. The van der Waals surface area contributed by atoms with Gasteiger partial charge in [0.1, 0.15) is 4.90 Å². The number of benzene rings is 1. The molecule has 2 rings (SSSR count). The number of aryl methyl sites for hydroxylation is 2. The number of amides is 1. The Morgan fingerprint density at radius 2 is 1.72 bits per heavy atom. The van der Waals surface area contributed by atoms with Crippen molar-refractivity contribution in [3.8, 4) is 0 Å². The second kappa shape index (κ2) is 9.35. The third kappa shape index (κ3) is 10.0. The molecule has 0 aliphatic carbocycles. The largest absolute Gasteiger partial charge is 0.406 e. The van der Waals surface area contributed by atoms with E-state index in [9.17, 15) is 24.2 Å². The Kier molecular flexibility index (Phi) is 8.56. The Hall–Kier alpha value is -2.47. The highest BCUT2D eigenvalue weighted by Crippen LogP contribution is 3.02. The highest BCUT2D eigenvalue weighted by molar-refractivity contribution is 8.45. The predicted molar refractivity (Wildman–Crippen MR) is 109 cm³/mol. The normalized spacial score (nSPS) is 13.5. The van der Waals surface area contributed by atoms with Crippen molar-refractivity contribution in [2.24, 2.45) is 10.7 Å². The van der Waals surface area contributed by atoms with E-state index in [1.807, 2.05) is 26.8 Å². The lowest BCUT2D eigenvalue weighted by atomic mass is 10.2. The third-order valence-electron chi connectivity index (χ3n) is 2.79. The molecule has 3 N–H and O–H groups in total. The predicted octanol–water partition coefficient (Wildman–Crippen LogP) is 6.55. The summed E-state index contributed by atoms with van der Waals surface area (Å²) in [5, 5.41) is 7.46. The molecule has 0 fully saturated rings. The van der Waals surface area contributed by atoms with E-state index in [0.29, 0.717) is 17.0 Å². The molecule has 1 aromatic carbocycles. The van der Waals surface area contributed by atoms with Crippen LogP contribution < -0.4 is 5.73 Å². The van der Waals surface area contributed by atoms with Gasteiger partial charge >= 0.3 is 10.2 Å². The van der Waals surface area contributed by atoms with Crippen LogP contribution in [0.15, 0.2) is 46.3 Å². The Labute approximate surface area is 169 Å². The lowest BCUT2D eigenvalue weighted by Crippen LogP contribution is -2.20. The second-order valence-electron chi connectivity index (χ2n) is 5.20. The Morgan fingerprint density at radius 3 is 2.10 bits per heavy atom. The Morgan fingerprint density at radius 1 is 1.14 bits per heavy atom. The Bertz CT molecular complexity index is 881. The summed E-state index contributed by atoms with van der Waals surface area (Å²) >= 11 is 1.41. The van der Waals surface area contributed by atoms with Crippen LogP contribution in [0.25, 0.3) is 0 Å². The summed E-state index contributed by atoms with van der Waals surface area (Å²) in [6, 6.07) is 6.41. The number of nitrogens with zero attached hydrogens (tertiary/aromatic N) is 1.